The lowest BCUT2D eigenvalue weighted by Crippen LogP contribution is -2.42. The molecule has 0 aromatic carbocycles. The first kappa shape index (κ1) is 12.9. The third-order valence-electron chi connectivity index (χ3n) is 3.50. The Balaban J connectivity index is 2.27. The molecule has 3 nitrogen and oxygen atoms in total. The highest BCUT2D eigenvalue weighted by Gasteiger charge is 2.24. The Bertz CT molecular complexity index is 164. The van der Waals surface area contributed by atoms with Crippen LogP contribution in [0.4, 0.5) is 0 Å². The molecule has 0 aromatic heterocycles. The molecule has 0 aliphatic heterocycles. The molecule has 0 radical (unpaired) electrons. The summed E-state index contributed by atoms with van der Waals surface area (Å²) in [4.78, 5) is 2.39. The summed E-state index contributed by atoms with van der Waals surface area (Å²) in [6.07, 6.45) is 5.52. The average molecular weight is 214 g/mol. The van der Waals surface area contributed by atoms with E-state index in [1.807, 2.05) is 0 Å². The summed E-state index contributed by atoms with van der Waals surface area (Å²) in [6.45, 7) is 3.09. The maximum atomic E-state index is 5.10. The van der Waals surface area contributed by atoms with Gasteiger partial charge in [-0.3, -0.25) is 0 Å². The zero-order valence-corrected chi connectivity index (χ0v) is 10.5. The highest BCUT2D eigenvalue weighted by atomic mass is 16.5. The van der Waals surface area contributed by atoms with E-state index in [2.05, 4.69) is 24.3 Å². The molecule has 1 N–H and O–H groups in total. The summed E-state index contributed by atoms with van der Waals surface area (Å²) in [5.74, 6) is 0.825. The van der Waals surface area contributed by atoms with Gasteiger partial charge in [0.1, 0.15) is 0 Å². The smallest absolute Gasteiger partial charge is 0.0589 e. The van der Waals surface area contributed by atoms with Crippen LogP contribution in [-0.4, -0.2) is 51.8 Å². The van der Waals surface area contributed by atoms with Crippen molar-refractivity contribution in [3.8, 4) is 0 Å². The van der Waals surface area contributed by atoms with Crippen LogP contribution in [0.15, 0.2) is 0 Å². The molecule has 0 heterocycles. The molecule has 0 saturated heterocycles. The van der Waals surface area contributed by atoms with Crippen LogP contribution in [0.3, 0.4) is 0 Å². The molecule has 2 atom stereocenters. The Kier molecular flexibility index (Phi) is 6.22. The van der Waals surface area contributed by atoms with Gasteiger partial charge in [0.15, 0.2) is 0 Å². The van der Waals surface area contributed by atoms with E-state index in [-0.39, 0.29) is 0 Å². The lowest BCUT2D eigenvalue weighted by Gasteiger charge is -2.34. The Morgan fingerprint density at radius 1 is 1.33 bits per heavy atom. The lowest BCUT2D eigenvalue weighted by molar-refractivity contribution is 0.136. The van der Waals surface area contributed by atoms with E-state index in [1.54, 1.807) is 7.11 Å². The molecular weight excluding hydrogens is 188 g/mol. The summed E-state index contributed by atoms with van der Waals surface area (Å²) < 4.78 is 5.10. The van der Waals surface area contributed by atoms with Crippen LogP contribution >= 0.6 is 0 Å². The van der Waals surface area contributed by atoms with E-state index in [0.717, 1.165) is 25.1 Å². The standard InChI is InChI=1S/C12H26N2O/c1-13-12-7-5-4-6-11(12)10-14(2)8-9-15-3/h11-13H,4-10H2,1-3H3. The molecule has 0 amide bonds. The third kappa shape index (κ3) is 4.49. The van der Waals surface area contributed by atoms with Crippen molar-refractivity contribution in [2.45, 2.75) is 31.7 Å². The van der Waals surface area contributed by atoms with Gasteiger partial charge >= 0.3 is 0 Å². The molecule has 0 bridgehead atoms. The number of rotatable bonds is 6. The predicted molar refractivity (Wildman–Crippen MR) is 64.2 cm³/mol. The van der Waals surface area contributed by atoms with E-state index in [9.17, 15) is 0 Å². The minimum absolute atomic E-state index is 0.726. The minimum Gasteiger partial charge on any atom is -0.383 e. The zero-order chi connectivity index (χ0) is 11.1. The van der Waals surface area contributed by atoms with Crippen LogP contribution in [-0.2, 0) is 4.74 Å². The summed E-state index contributed by atoms with van der Waals surface area (Å²) in [7, 11) is 6.06. The number of likely N-dealkylation sites (N-methyl/N-ethyl adjacent to an activating group) is 1. The van der Waals surface area contributed by atoms with Gasteiger partial charge in [-0.2, -0.15) is 0 Å². The number of nitrogens with zero attached hydrogens (tertiary/aromatic N) is 1. The van der Waals surface area contributed by atoms with Crippen LogP contribution in [0.2, 0.25) is 0 Å². The maximum absolute atomic E-state index is 5.10. The van der Waals surface area contributed by atoms with Crippen molar-refractivity contribution < 1.29 is 4.74 Å². The lowest BCUT2D eigenvalue weighted by atomic mass is 9.84. The number of hydrogen-bond donors (Lipinski definition) is 1. The average Bonchev–Trinajstić information content (AvgIpc) is 2.27. The summed E-state index contributed by atoms with van der Waals surface area (Å²) >= 11 is 0. The molecule has 1 saturated carbocycles. The van der Waals surface area contributed by atoms with Gasteiger partial charge in [0, 0.05) is 26.2 Å². The van der Waals surface area contributed by atoms with E-state index in [0.29, 0.717) is 0 Å². The van der Waals surface area contributed by atoms with E-state index < -0.39 is 0 Å². The van der Waals surface area contributed by atoms with E-state index >= 15 is 0 Å². The quantitative estimate of drug-likeness (QED) is 0.722. The van der Waals surface area contributed by atoms with Gasteiger partial charge in [0.25, 0.3) is 0 Å². The molecule has 1 aliphatic carbocycles. The highest BCUT2D eigenvalue weighted by Crippen LogP contribution is 2.24. The second-order valence-corrected chi connectivity index (χ2v) is 4.69. The van der Waals surface area contributed by atoms with Crippen molar-refractivity contribution >= 4 is 0 Å². The third-order valence-corrected chi connectivity index (χ3v) is 3.50. The molecule has 1 aliphatic rings. The molecule has 2 unspecified atom stereocenters. The van der Waals surface area contributed by atoms with Crippen LogP contribution in [0, 0.1) is 5.92 Å². The monoisotopic (exact) mass is 214 g/mol. The van der Waals surface area contributed by atoms with Crippen molar-refractivity contribution in [1.82, 2.24) is 10.2 Å². The van der Waals surface area contributed by atoms with E-state index in [4.69, 9.17) is 4.74 Å². The SMILES string of the molecule is CNC1CCCCC1CN(C)CCOC. The molecule has 0 aromatic rings. The number of nitrogens with one attached hydrogen (secondary N) is 1. The Morgan fingerprint density at radius 3 is 2.73 bits per heavy atom. The van der Waals surface area contributed by atoms with Gasteiger partial charge < -0.3 is 15.0 Å². The Morgan fingerprint density at radius 2 is 2.07 bits per heavy atom. The number of methoxy groups -OCH3 is 1. The predicted octanol–water partition coefficient (Wildman–Crippen LogP) is 1.34. The summed E-state index contributed by atoms with van der Waals surface area (Å²) in [5, 5.41) is 3.46. The van der Waals surface area contributed by atoms with Crippen molar-refractivity contribution in [3.05, 3.63) is 0 Å². The largest absolute Gasteiger partial charge is 0.383 e. The van der Waals surface area contributed by atoms with Gasteiger partial charge in [-0.05, 0) is 32.9 Å². The normalized spacial score (nSPS) is 27.2. The molecule has 15 heavy (non-hydrogen) atoms. The van der Waals surface area contributed by atoms with Crippen LogP contribution in [0.5, 0.6) is 0 Å². The molecular formula is C12H26N2O. The molecule has 0 spiro atoms. The fourth-order valence-corrected chi connectivity index (χ4v) is 2.54. The molecule has 1 fully saturated rings. The topological polar surface area (TPSA) is 24.5 Å². The van der Waals surface area contributed by atoms with Crippen molar-refractivity contribution in [2.75, 3.05) is 40.9 Å². The first-order valence-electron chi connectivity index (χ1n) is 6.12. The molecule has 3 heteroatoms. The summed E-state index contributed by atoms with van der Waals surface area (Å²) in [5.41, 5.74) is 0. The second-order valence-electron chi connectivity index (χ2n) is 4.69. The second kappa shape index (κ2) is 7.20. The Labute approximate surface area is 94.2 Å². The highest BCUT2D eigenvalue weighted by molar-refractivity contribution is 4.81. The molecule has 1 rings (SSSR count). The van der Waals surface area contributed by atoms with E-state index in [1.165, 1.54) is 32.2 Å². The Hall–Kier alpha value is -0.120. The number of ether oxygens (including phenoxy) is 1. The first-order valence-corrected chi connectivity index (χ1v) is 6.12. The van der Waals surface area contributed by atoms with Gasteiger partial charge in [0.2, 0.25) is 0 Å². The zero-order valence-electron chi connectivity index (χ0n) is 10.5. The van der Waals surface area contributed by atoms with Crippen LogP contribution < -0.4 is 5.32 Å². The minimum atomic E-state index is 0.726. The van der Waals surface area contributed by atoms with Gasteiger partial charge in [-0.1, -0.05) is 12.8 Å². The molecule has 90 valence electrons. The van der Waals surface area contributed by atoms with Crippen LogP contribution in [0.25, 0.3) is 0 Å². The van der Waals surface area contributed by atoms with Crippen molar-refractivity contribution in [1.29, 1.82) is 0 Å². The maximum Gasteiger partial charge on any atom is 0.0589 e. The van der Waals surface area contributed by atoms with Gasteiger partial charge in [-0.25, -0.2) is 0 Å². The fourth-order valence-electron chi connectivity index (χ4n) is 2.54. The summed E-state index contributed by atoms with van der Waals surface area (Å²) in [6, 6.07) is 0.726. The van der Waals surface area contributed by atoms with Gasteiger partial charge in [-0.15, -0.1) is 0 Å². The van der Waals surface area contributed by atoms with Crippen LogP contribution in [0.1, 0.15) is 25.7 Å². The van der Waals surface area contributed by atoms with Crippen molar-refractivity contribution in [3.63, 3.8) is 0 Å². The number of hydrogen-bond acceptors (Lipinski definition) is 3. The van der Waals surface area contributed by atoms with Crippen molar-refractivity contribution in [2.24, 2.45) is 5.92 Å². The van der Waals surface area contributed by atoms with Gasteiger partial charge in [0.05, 0.1) is 6.61 Å². The first-order chi connectivity index (χ1) is 7.27. The fraction of sp³-hybridized carbons (Fsp3) is 1.00.